The minimum Gasteiger partial charge on any atom is -0.352 e. The Morgan fingerprint density at radius 2 is 2.07 bits per heavy atom. The SMILES string of the molecule is CN=C(NCc1ccc(-n2nc(C)cc2C)nc1)N1CCSC2(CCCCC2)C1. The zero-order chi connectivity index (χ0) is 20.3. The highest BCUT2D eigenvalue weighted by Crippen LogP contribution is 2.42. The number of aliphatic imine (C=N–C) groups is 1. The summed E-state index contributed by atoms with van der Waals surface area (Å²) in [6.07, 6.45) is 8.78. The average Bonchev–Trinajstić information content (AvgIpc) is 3.07. The summed E-state index contributed by atoms with van der Waals surface area (Å²) >= 11 is 2.19. The molecule has 1 spiro atoms. The molecule has 156 valence electrons. The molecule has 1 aliphatic heterocycles. The molecular formula is C22H32N6S. The molecule has 2 aliphatic rings. The first-order valence-electron chi connectivity index (χ1n) is 10.7. The Morgan fingerprint density at radius 1 is 1.24 bits per heavy atom. The van der Waals surface area contributed by atoms with Gasteiger partial charge in [0.25, 0.3) is 0 Å². The number of guanidine groups is 1. The fourth-order valence-electron chi connectivity index (χ4n) is 4.55. The molecule has 2 aromatic heterocycles. The lowest BCUT2D eigenvalue weighted by Crippen LogP contribution is -2.53. The molecule has 0 unspecified atom stereocenters. The van der Waals surface area contributed by atoms with Crippen molar-refractivity contribution < 1.29 is 0 Å². The van der Waals surface area contributed by atoms with Gasteiger partial charge in [0.1, 0.15) is 0 Å². The topological polar surface area (TPSA) is 58.3 Å². The van der Waals surface area contributed by atoms with E-state index in [1.54, 1.807) is 0 Å². The summed E-state index contributed by atoms with van der Waals surface area (Å²) in [6, 6.07) is 6.22. The maximum Gasteiger partial charge on any atom is 0.193 e. The lowest BCUT2D eigenvalue weighted by atomic mass is 9.87. The number of hydrogen-bond donors (Lipinski definition) is 1. The van der Waals surface area contributed by atoms with Crippen LogP contribution in [0.3, 0.4) is 0 Å². The summed E-state index contributed by atoms with van der Waals surface area (Å²) in [5.74, 6) is 3.06. The summed E-state index contributed by atoms with van der Waals surface area (Å²) in [7, 11) is 1.89. The molecule has 29 heavy (non-hydrogen) atoms. The smallest absolute Gasteiger partial charge is 0.193 e. The summed E-state index contributed by atoms with van der Waals surface area (Å²) in [6.45, 7) is 6.97. The predicted octanol–water partition coefficient (Wildman–Crippen LogP) is 3.71. The van der Waals surface area contributed by atoms with Crippen molar-refractivity contribution in [3.05, 3.63) is 41.3 Å². The van der Waals surface area contributed by atoms with E-state index in [9.17, 15) is 0 Å². The van der Waals surface area contributed by atoms with Crippen LogP contribution in [0.15, 0.2) is 29.4 Å². The molecule has 1 N–H and O–H groups in total. The van der Waals surface area contributed by atoms with Crippen LogP contribution >= 0.6 is 11.8 Å². The first-order chi connectivity index (χ1) is 14.1. The van der Waals surface area contributed by atoms with E-state index in [0.717, 1.165) is 48.4 Å². The van der Waals surface area contributed by atoms with Crippen molar-refractivity contribution in [1.82, 2.24) is 25.0 Å². The van der Waals surface area contributed by atoms with Gasteiger partial charge in [-0.15, -0.1) is 0 Å². The van der Waals surface area contributed by atoms with Crippen LogP contribution in [0, 0.1) is 13.8 Å². The van der Waals surface area contributed by atoms with Crippen LogP contribution in [-0.4, -0.2) is 56.3 Å². The quantitative estimate of drug-likeness (QED) is 0.615. The number of nitrogens with zero attached hydrogens (tertiary/aromatic N) is 5. The fourth-order valence-corrected chi connectivity index (χ4v) is 6.11. The minimum atomic E-state index is 0.442. The van der Waals surface area contributed by atoms with E-state index in [1.165, 1.54) is 37.9 Å². The van der Waals surface area contributed by atoms with Crippen molar-refractivity contribution in [3.8, 4) is 5.82 Å². The second-order valence-electron chi connectivity index (χ2n) is 8.28. The number of aryl methyl sites for hydroxylation is 2. The molecule has 0 atom stereocenters. The zero-order valence-electron chi connectivity index (χ0n) is 17.8. The van der Waals surface area contributed by atoms with Crippen LogP contribution in [0.2, 0.25) is 0 Å². The van der Waals surface area contributed by atoms with Gasteiger partial charge in [-0.2, -0.15) is 16.9 Å². The van der Waals surface area contributed by atoms with Gasteiger partial charge in [0, 0.05) is 49.1 Å². The molecule has 7 heteroatoms. The summed E-state index contributed by atoms with van der Waals surface area (Å²) in [4.78, 5) is 11.6. The third kappa shape index (κ3) is 4.60. The summed E-state index contributed by atoms with van der Waals surface area (Å²) < 4.78 is 2.33. The monoisotopic (exact) mass is 412 g/mol. The van der Waals surface area contributed by atoms with Crippen LogP contribution in [-0.2, 0) is 6.54 Å². The van der Waals surface area contributed by atoms with Crippen LogP contribution < -0.4 is 5.32 Å². The van der Waals surface area contributed by atoms with E-state index in [2.05, 4.69) is 56.1 Å². The second-order valence-corrected chi connectivity index (χ2v) is 9.84. The highest BCUT2D eigenvalue weighted by Gasteiger charge is 2.38. The van der Waals surface area contributed by atoms with Crippen LogP contribution in [0.4, 0.5) is 0 Å². The molecule has 6 nitrogen and oxygen atoms in total. The van der Waals surface area contributed by atoms with E-state index in [-0.39, 0.29) is 0 Å². The standard InChI is InChI=1S/C22H32N6S/c1-17-13-18(2)28(26-17)20-8-7-19(14-24-20)15-25-21(23-3)27-11-12-29-22(16-27)9-5-4-6-10-22/h7-8,13-14H,4-6,9-12,15-16H2,1-3H3,(H,23,25). The number of hydrogen-bond acceptors (Lipinski definition) is 4. The first-order valence-corrected chi connectivity index (χ1v) is 11.7. The number of pyridine rings is 1. The largest absolute Gasteiger partial charge is 0.352 e. The third-order valence-corrected chi connectivity index (χ3v) is 7.55. The Labute approximate surface area is 178 Å². The molecule has 0 radical (unpaired) electrons. The van der Waals surface area contributed by atoms with Crippen molar-refractivity contribution in [2.45, 2.75) is 57.2 Å². The maximum absolute atomic E-state index is 4.61. The number of aromatic nitrogens is 3. The molecule has 1 aliphatic carbocycles. The van der Waals surface area contributed by atoms with Gasteiger partial charge >= 0.3 is 0 Å². The maximum atomic E-state index is 4.61. The van der Waals surface area contributed by atoms with Crippen LogP contribution in [0.5, 0.6) is 0 Å². The molecule has 1 saturated heterocycles. The molecule has 4 rings (SSSR count). The van der Waals surface area contributed by atoms with Gasteiger partial charge in [0.2, 0.25) is 0 Å². The Balaban J connectivity index is 1.38. The molecule has 0 amide bonds. The second kappa shape index (κ2) is 8.78. The Morgan fingerprint density at radius 3 is 2.72 bits per heavy atom. The summed E-state index contributed by atoms with van der Waals surface area (Å²) in [5, 5.41) is 8.07. The fraction of sp³-hybridized carbons (Fsp3) is 0.591. The van der Waals surface area contributed by atoms with E-state index in [1.807, 2.05) is 30.9 Å². The molecule has 0 bridgehead atoms. The Kier molecular flexibility index (Phi) is 6.13. The lowest BCUT2D eigenvalue weighted by Gasteiger charge is -2.45. The van der Waals surface area contributed by atoms with Gasteiger partial charge < -0.3 is 10.2 Å². The molecular weight excluding hydrogens is 380 g/mol. The zero-order valence-corrected chi connectivity index (χ0v) is 18.6. The number of thioether (sulfide) groups is 1. The van der Waals surface area contributed by atoms with Crippen molar-refractivity contribution >= 4 is 17.7 Å². The predicted molar refractivity (Wildman–Crippen MR) is 121 cm³/mol. The molecule has 1 saturated carbocycles. The lowest BCUT2D eigenvalue weighted by molar-refractivity contribution is 0.293. The molecule has 3 heterocycles. The highest BCUT2D eigenvalue weighted by molar-refractivity contribution is 8.00. The van der Waals surface area contributed by atoms with Gasteiger partial charge in [0.15, 0.2) is 11.8 Å². The Hall–Kier alpha value is -2.02. The van der Waals surface area contributed by atoms with Gasteiger partial charge in [-0.3, -0.25) is 4.99 Å². The normalized spacial score (nSPS) is 19.6. The highest BCUT2D eigenvalue weighted by atomic mass is 32.2. The van der Waals surface area contributed by atoms with Crippen LogP contribution in [0.1, 0.15) is 49.1 Å². The minimum absolute atomic E-state index is 0.442. The van der Waals surface area contributed by atoms with Crippen molar-refractivity contribution in [3.63, 3.8) is 0 Å². The Bertz CT molecular complexity index is 845. The van der Waals surface area contributed by atoms with Crippen molar-refractivity contribution in [1.29, 1.82) is 0 Å². The van der Waals surface area contributed by atoms with Gasteiger partial charge in [-0.1, -0.05) is 25.3 Å². The van der Waals surface area contributed by atoms with Gasteiger partial charge in [0.05, 0.1) is 5.69 Å². The van der Waals surface area contributed by atoms with E-state index < -0.39 is 0 Å². The van der Waals surface area contributed by atoms with Crippen molar-refractivity contribution in [2.24, 2.45) is 4.99 Å². The van der Waals surface area contributed by atoms with Crippen LogP contribution in [0.25, 0.3) is 5.82 Å². The number of nitrogens with one attached hydrogen (secondary N) is 1. The molecule has 2 fully saturated rings. The van der Waals surface area contributed by atoms with Gasteiger partial charge in [-0.25, -0.2) is 9.67 Å². The third-order valence-electron chi connectivity index (χ3n) is 6.01. The first kappa shape index (κ1) is 20.3. The van der Waals surface area contributed by atoms with Gasteiger partial charge in [-0.05, 0) is 44.4 Å². The number of rotatable bonds is 3. The summed E-state index contributed by atoms with van der Waals surface area (Å²) in [5.41, 5.74) is 3.25. The molecule has 0 aromatic carbocycles. The average molecular weight is 413 g/mol. The molecule has 2 aromatic rings. The van der Waals surface area contributed by atoms with Crippen molar-refractivity contribution in [2.75, 3.05) is 25.9 Å². The van der Waals surface area contributed by atoms with E-state index in [0.29, 0.717) is 4.75 Å². The van der Waals surface area contributed by atoms with E-state index in [4.69, 9.17) is 0 Å². The van der Waals surface area contributed by atoms with E-state index >= 15 is 0 Å².